The lowest BCUT2D eigenvalue weighted by molar-refractivity contribution is 0.460. The number of ether oxygens (including phenoxy) is 1. The molecule has 0 saturated carbocycles. The second kappa shape index (κ2) is 4.49. The normalized spacial score (nSPS) is 10.1. The van der Waals surface area contributed by atoms with Crippen LogP contribution < -0.4 is 10.5 Å². The van der Waals surface area contributed by atoms with Crippen LogP contribution in [0.25, 0.3) is 0 Å². The van der Waals surface area contributed by atoms with Gasteiger partial charge in [0.15, 0.2) is 5.75 Å². The molecule has 2 aromatic rings. The Morgan fingerprint density at radius 2 is 2.06 bits per heavy atom. The van der Waals surface area contributed by atoms with Crippen LogP contribution in [0.2, 0.25) is 0 Å². The van der Waals surface area contributed by atoms with Crippen LogP contribution in [0.3, 0.4) is 0 Å². The number of nitrogens with two attached hydrogens (primary N) is 1. The molecule has 0 atom stereocenters. The van der Waals surface area contributed by atoms with Gasteiger partial charge in [0.05, 0.1) is 5.69 Å². The molecule has 1 aromatic carbocycles. The van der Waals surface area contributed by atoms with Crippen LogP contribution in [0, 0.1) is 5.82 Å². The van der Waals surface area contributed by atoms with Gasteiger partial charge in [-0.05, 0) is 34.1 Å². The quantitative estimate of drug-likeness (QED) is 0.860. The molecule has 0 saturated heterocycles. The molecule has 0 radical (unpaired) electrons. The minimum Gasteiger partial charge on any atom is -0.437 e. The van der Waals surface area contributed by atoms with Gasteiger partial charge in [-0.3, -0.25) is 0 Å². The van der Waals surface area contributed by atoms with Gasteiger partial charge in [-0.1, -0.05) is 0 Å². The molecule has 5 heteroatoms. The Hall–Kier alpha value is -1.62. The first-order valence-electron chi connectivity index (χ1n) is 4.49. The fraction of sp³-hybridized carbons (Fsp3) is 0. The molecule has 0 spiro atoms. The van der Waals surface area contributed by atoms with E-state index in [0.29, 0.717) is 11.6 Å². The van der Waals surface area contributed by atoms with Gasteiger partial charge in [-0.25, -0.2) is 9.37 Å². The molecule has 0 aliphatic carbocycles. The van der Waals surface area contributed by atoms with Gasteiger partial charge in [-0.15, -0.1) is 0 Å². The lowest BCUT2D eigenvalue weighted by Gasteiger charge is -2.07. The van der Waals surface area contributed by atoms with Crippen molar-refractivity contribution >= 4 is 21.6 Å². The van der Waals surface area contributed by atoms with E-state index in [1.165, 1.54) is 18.2 Å². The predicted octanol–water partition coefficient (Wildman–Crippen LogP) is 3.36. The summed E-state index contributed by atoms with van der Waals surface area (Å²) in [6, 6.07) is 7.38. The van der Waals surface area contributed by atoms with Gasteiger partial charge in [0, 0.05) is 22.8 Å². The van der Waals surface area contributed by atoms with Gasteiger partial charge < -0.3 is 10.5 Å². The summed E-state index contributed by atoms with van der Waals surface area (Å²) in [5, 5.41) is 0. The lowest BCUT2D eigenvalue weighted by Crippen LogP contribution is -1.94. The molecule has 3 nitrogen and oxygen atoms in total. The molecule has 16 heavy (non-hydrogen) atoms. The number of rotatable bonds is 2. The first-order chi connectivity index (χ1) is 7.65. The Labute approximate surface area is 100 Å². The third-order valence-corrected chi connectivity index (χ3v) is 2.36. The van der Waals surface area contributed by atoms with E-state index in [2.05, 4.69) is 20.9 Å². The second-order valence-corrected chi connectivity index (χ2v) is 4.01. The largest absolute Gasteiger partial charge is 0.437 e. The van der Waals surface area contributed by atoms with E-state index < -0.39 is 5.82 Å². The first kappa shape index (κ1) is 10.9. The Kier molecular flexibility index (Phi) is 3.05. The molecule has 82 valence electrons. The first-order valence-corrected chi connectivity index (χ1v) is 5.29. The summed E-state index contributed by atoms with van der Waals surface area (Å²) < 4.78 is 19.1. The van der Waals surface area contributed by atoms with Crippen LogP contribution in [0.15, 0.2) is 41.0 Å². The van der Waals surface area contributed by atoms with Gasteiger partial charge in [0.25, 0.3) is 0 Å². The van der Waals surface area contributed by atoms with Crippen LogP contribution in [0.1, 0.15) is 0 Å². The lowest BCUT2D eigenvalue weighted by atomic mass is 10.3. The van der Waals surface area contributed by atoms with Crippen molar-refractivity contribution in [3.63, 3.8) is 0 Å². The number of anilines is 1. The summed E-state index contributed by atoms with van der Waals surface area (Å²) >= 11 is 3.25. The molecule has 1 heterocycles. The number of hydrogen-bond acceptors (Lipinski definition) is 3. The monoisotopic (exact) mass is 282 g/mol. The van der Waals surface area contributed by atoms with Crippen molar-refractivity contribution in [2.75, 3.05) is 5.73 Å². The summed E-state index contributed by atoms with van der Waals surface area (Å²) in [6.07, 6.45) is 1.59. The van der Waals surface area contributed by atoms with Crippen LogP contribution in [0.5, 0.6) is 11.6 Å². The van der Waals surface area contributed by atoms with Crippen molar-refractivity contribution in [1.82, 2.24) is 4.98 Å². The van der Waals surface area contributed by atoms with E-state index in [4.69, 9.17) is 10.5 Å². The molecule has 0 aliphatic rings. The average molecular weight is 283 g/mol. The number of aromatic nitrogens is 1. The van der Waals surface area contributed by atoms with E-state index in [0.717, 1.165) is 4.47 Å². The van der Waals surface area contributed by atoms with Crippen LogP contribution in [-0.4, -0.2) is 4.98 Å². The maximum atomic E-state index is 13.0. The number of halogens is 2. The van der Waals surface area contributed by atoms with Gasteiger partial charge >= 0.3 is 0 Å². The zero-order valence-corrected chi connectivity index (χ0v) is 9.74. The minimum atomic E-state index is -0.402. The van der Waals surface area contributed by atoms with Crippen LogP contribution >= 0.6 is 15.9 Å². The Balaban J connectivity index is 2.26. The SMILES string of the molecule is Nc1ccc(F)cc1Oc1ccc(Br)cn1. The smallest absolute Gasteiger partial charge is 0.219 e. The average Bonchev–Trinajstić information content (AvgIpc) is 2.27. The standard InChI is InChI=1S/C11H8BrFN2O/c12-7-1-4-11(15-6-7)16-10-5-8(13)2-3-9(10)14/h1-6H,14H2. The minimum absolute atomic E-state index is 0.259. The van der Waals surface area contributed by atoms with Gasteiger partial charge in [0.2, 0.25) is 5.88 Å². The second-order valence-electron chi connectivity index (χ2n) is 3.10. The van der Waals surface area contributed by atoms with E-state index >= 15 is 0 Å². The number of benzene rings is 1. The highest BCUT2D eigenvalue weighted by atomic mass is 79.9. The highest BCUT2D eigenvalue weighted by Crippen LogP contribution is 2.27. The van der Waals surface area contributed by atoms with E-state index in [-0.39, 0.29) is 5.75 Å². The fourth-order valence-corrected chi connectivity index (χ4v) is 1.37. The number of nitrogen functional groups attached to an aromatic ring is 1. The van der Waals surface area contributed by atoms with E-state index in [1.54, 1.807) is 18.3 Å². The van der Waals surface area contributed by atoms with Crippen molar-refractivity contribution in [3.05, 3.63) is 46.8 Å². The zero-order chi connectivity index (χ0) is 11.5. The van der Waals surface area contributed by atoms with Gasteiger partial charge in [-0.2, -0.15) is 0 Å². The van der Waals surface area contributed by atoms with Crippen LogP contribution in [0.4, 0.5) is 10.1 Å². The molecule has 1 aromatic heterocycles. The summed E-state index contributed by atoms with van der Waals surface area (Å²) in [6.45, 7) is 0. The van der Waals surface area contributed by atoms with Crippen LogP contribution in [-0.2, 0) is 0 Å². The third kappa shape index (κ3) is 2.49. The number of hydrogen-bond donors (Lipinski definition) is 1. The fourth-order valence-electron chi connectivity index (χ4n) is 1.13. The molecule has 0 amide bonds. The highest BCUT2D eigenvalue weighted by molar-refractivity contribution is 9.10. The summed E-state index contributed by atoms with van der Waals surface area (Å²) in [5.74, 6) is 0.219. The van der Waals surface area contributed by atoms with Crippen molar-refractivity contribution < 1.29 is 9.13 Å². The molecule has 0 aliphatic heterocycles. The van der Waals surface area contributed by atoms with E-state index in [1.807, 2.05) is 0 Å². The Morgan fingerprint density at radius 3 is 2.75 bits per heavy atom. The highest BCUT2D eigenvalue weighted by Gasteiger charge is 2.04. The number of nitrogens with zero attached hydrogens (tertiary/aromatic N) is 1. The van der Waals surface area contributed by atoms with Crippen molar-refractivity contribution in [2.24, 2.45) is 0 Å². The molecule has 0 bridgehead atoms. The van der Waals surface area contributed by atoms with Crippen molar-refractivity contribution in [1.29, 1.82) is 0 Å². The molecule has 0 unspecified atom stereocenters. The molecule has 2 N–H and O–H groups in total. The van der Waals surface area contributed by atoms with Gasteiger partial charge in [0.1, 0.15) is 5.82 Å². The molecule has 0 fully saturated rings. The molecule has 2 rings (SSSR count). The number of pyridine rings is 1. The molecular formula is C11H8BrFN2O. The zero-order valence-electron chi connectivity index (χ0n) is 8.15. The van der Waals surface area contributed by atoms with Crippen molar-refractivity contribution in [3.8, 4) is 11.6 Å². The topological polar surface area (TPSA) is 48.1 Å². The van der Waals surface area contributed by atoms with E-state index in [9.17, 15) is 4.39 Å². The predicted molar refractivity (Wildman–Crippen MR) is 62.8 cm³/mol. The maximum Gasteiger partial charge on any atom is 0.219 e. The molecular weight excluding hydrogens is 275 g/mol. The van der Waals surface area contributed by atoms with Crippen molar-refractivity contribution in [2.45, 2.75) is 0 Å². The Morgan fingerprint density at radius 1 is 1.25 bits per heavy atom. The third-order valence-electron chi connectivity index (χ3n) is 1.89. The Bertz CT molecular complexity index is 502. The summed E-state index contributed by atoms with van der Waals surface area (Å²) in [5.41, 5.74) is 6.01. The summed E-state index contributed by atoms with van der Waals surface area (Å²) in [4.78, 5) is 4.00. The summed E-state index contributed by atoms with van der Waals surface area (Å²) in [7, 11) is 0. The maximum absolute atomic E-state index is 13.0.